The van der Waals surface area contributed by atoms with Gasteiger partial charge in [0.2, 0.25) is 0 Å². The number of rotatable bonds is 2. The average molecular weight is 198 g/mol. The molecule has 1 unspecified atom stereocenters. The van der Waals surface area contributed by atoms with Crippen LogP contribution in [0.2, 0.25) is 0 Å². The largest absolute Gasteiger partial charge is 0.297 e. The highest BCUT2D eigenvalue weighted by molar-refractivity contribution is 4.93. The van der Waals surface area contributed by atoms with E-state index in [4.69, 9.17) is 0 Å². The molecule has 0 aliphatic carbocycles. The highest BCUT2D eigenvalue weighted by Crippen LogP contribution is 2.28. The summed E-state index contributed by atoms with van der Waals surface area (Å²) in [5, 5.41) is 13.8. The van der Waals surface area contributed by atoms with Gasteiger partial charge in [0.25, 0.3) is 0 Å². The van der Waals surface area contributed by atoms with Crippen molar-refractivity contribution in [1.29, 1.82) is 0 Å². The minimum absolute atomic E-state index is 0.125. The zero-order valence-corrected chi connectivity index (χ0v) is 10.1. The minimum atomic E-state index is -0.125. The molecule has 0 bridgehead atoms. The molecule has 0 saturated heterocycles. The highest BCUT2D eigenvalue weighted by atomic mass is 15.6. The molecular formula is C10H22N4. The van der Waals surface area contributed by atoms with Crippen LogP contribution in [0.5, 0.6) is 0 Å². The van der Waals surface area contributed by atoms with Crippen LogP contribution in [0.3, 0.4) is 0 Å². The van der Waals surface area contributed by atoms with Crippen LogP contribution in [0.15, 0.2) is 10.3 Å². The number of nitrogens with one attached hydrogen (secondary N) is 1. The Kier molecular flexibility index (Phi) is 2.86. The Balaban J connectivity index is 2.69. The zero-order chi connectivity index (χ0) is 11.0. The maximum absolute atomic E-state index is 4.27. The maximum atomic E-state index is 4.27. The van der Waals surface area contributed by atoms with Gasteiger partial charge in [-0.25, -0.2) is 0 Å². The van der Waals surface area contributed by atoms with Crippen molar-refractivity contribution in [3.8, 4) is 0 Å². The topological polar surface area (TPSA) is 40.0 Å². The summed E-state index contributed by atoms with van der Waals surface area (Å²) in [5.74, 6) is 0. The van der Waals surface area contributed by atoms with E-state index in [2.05, 4.69) is 50.3 Å². The monoisotopic (exact) mass is 198 g/mol. The molecule has 4 nitrogen and oxygen atoms in total. The van der Waals surface area contributed by atoms with Gasteiger partial charge in [-0.1, -0.05) is 26.0 Å². The third-order valence-corrected chi connectivity index (χ3v) is 2.29. The lowest BCUT2D eigenvalue weighted by molar-refractivity contribution is 0.120. The molecule has 0 fully saturated rings. The molecule has 1 N–H and O–H groups in total. The Labute approximate surface area is 86.7 Å². The van der Waals surface area contributed by atoms with Crippen LogP contribution in [0, 0.1) is 5.41 Å². The second-order valence-electron chi connectivity index (χ2n) is 5.69. The SMILES string of the molecule is CNC1N(CC(C)(C)C)N=NC1(C)C. The molecule has 0 aromatic heterocycles. The fraction of sp³-hybridized carbons (Fsp3) is 1.00. The van der Waals surface area contributed by atoms with Crippen molar-refractivity contribution in [3.63, 3.8) is 0 Å². The Morgan fingerprint density at radius 1 is 1.36 bits per heavy atom. The van der Waals surface area contributed by atoms with Crippen LogP contribution in [-0.2, 0) is 0 Å². The van der Waals surface area contributed by atoms with Gasteiger partial charge in [-0.2, -0.15) is 5.11 Å². The first kappa shape index (κ1) is 11.4. The fourth-order valence-electron chi connectivity index (χ4n) is 1.75. The van der Waals surface area contributed by atoms with E-state index in [0.29, 0.717) is 0 Å². The normalized spacial score (nSPS) is 25.9. The second kappa shape index (κ2) is 3.50. The van der Waals surface area contributed by atoms with Gasteiger partial charge in [0.15, 0.2) is 0 Å². The molecular weight excluding hydrogens is 176 g/mol. The smallest absolute Gasteiger partial charge is 0.125 e. The second-order valence-corrected chi connectivity index (χ2v) is 5.69. The van der Waals surface area contributed by atoms with E-state index in [-0.39, 0.29) is 17.1 Å². The third-order valence-electron chi connectivity index (χ3n) is 2.29. The van der Waals surface area contributed by atoms with E-state index >= 15 is 0 Å². The van der Waals surface area contributed by atoms with Crippen molar-refractivity contribution in [2.45, 2.75) is 46.3 Å². The quantitative estimate of drug-likeness (QED) is 0.737. The summed E-state index contributed by atoms with van der Waals surface area (Å²) in [6.07, 6.45) is 0.210. The molecule has 0 saturated carbocycles. The first-order valence-electron chi connectivity index (χ1n) is 5.13. The van der Waals surface area contributed by atoms with Crippen LogP contribution < -0.4 is 5.32 Å². The molecule has 0 spiro atoms. The van der Waals surface area contributed by atoms with Crippen molar-refractivity contribution >= 4 is 0 Å². The van der Waals surface area contributed by atoms with Gasteiger partial charge in [0, 0.05) is 6.54 Å². The molecule has 1 rings (SSSR count). The van der Waals surface area contributed by atoms with Gasteiger partial charge in [-0.3, -0.25) is 10.3 Å². The number of likely N-dealkylation sites (N-methyl/N-ethyl adjacent to an activating group) is 1. The summed E-state index contributed by atoms with van der Waals surface area (Å²) in [6, 6.07) is 0. The van der Waals surface area contributed by atoms with Gasteiger partial charge in [0.1, 0.15) is 11.7 Å². The van der Waals surface area contributed by atoms with Gasteiger partial charge in [0.05, 0.1) is 0 Å². The molecule has 0 radical (unpaired) electrons. The molecule has 82 valence electrons. The summed E-state index contributed by atoms with van der Waals surface area (Å²) < 4.78 is 0. The predicted molar refractivity (Wildman–Crippen MR) is 57.9 cm³/mol. The predicted octanol–water partition coefficient (Wildman–Crippen LogP) is 2.04. The molecule has 1 heterocycles. The van der Waals surface area contributed by atoms with Crippen molar-refractivity contribution in [2.24, 2.45) is 15.8 Å². The summed E-state index contributed by atoms with van der Waals surface area (Å²) in [5.41, 5.74) is 0.120. The standard InChI is InChI=1S/C10H22N4/c1-9(2,3)7-14-8(11-6)10(4,5)12-13-14/h8,11H,7H2,1-6H3. The van der Waals surface area contributed by atoms with Crippen LogP contribution in [0.4, 0.5) is 0 Å². The van der Waals surface area contributed by atoms with E-state index in [1.165, 1.54) is 0 Å². The van der Waals surface area contributed by atoms with Crippen LogP contribution in [0.1, 0.15) is 34.6 Å². The van der Waals surface area contributed by atoms with Crippen molar-refractivity contribution in [3.05, 3.63) is 0 Å². The van der Waals surface area contributed by atoms with E-state index in [0.717, 1.165) is 6.54 Å². The first-order chi connectivity index (χ1) is 6.26. The molecule has 1 aliphatic heterocycles. The summed E-state index contributed by atoms with van der Waals surface area (Å²) in [6.45, 7) is 11.7. The Bertz CT molecular complexity index is 227. The van der Waals surface area contributed by atoms with Gasteiger partial charge < -0.3 is 0 Å². The van der Waals surface area contributed by atoms with E-state index in [1.807, 2.05) is 12.1 Å². The lowest BCUT2D eigenvalue weighted by Crippen LogP contribution is -2.51. The van der Waals surface area contributed by atoms with Crippen LogP contribution >= 0.6 is 0 Å². The van der Waals surface area contributed by atoms with Gasteiger partial charge in [-0.05, 0) is 26.3 Å². The van der Waals surface area contributed by atoms with E-state index in [1.54, 1.807) is 0 Å². The van der Waals surface area contributed by atoms with Crippen molar-refractivity contribution < 1.29 is 0 Å². The Morgan fingerprint density at radius 2 is 1.93 bits per heavy atom. The Morgan fingerprint density at radius 3 is 2.36 bits per heavy atom. The molecule has 4 heteroatoms. The Hall–Kier alpha value is -0.640. The molecule has 0 aromatic rings. The first-order valence-corrected chi connectivity index (χ1v) is 5.13. The molecule has 14 heavy (non-hydrogen) atoms. The van der Waals surface area contributed by atoms with Gasteiger partial charge in [-0.15, -0.1) is 0 Å². The molecule has 0 aromatic carbocycles. The van der Waals surface area contributed by atoms with Crippen LogP contribution in [0.25, 0.3) is 0 Å². The average Bonchev–Trinajstić information content (AvgIpc) is 2.23. The van der Waals surface area contributed by atoms with Gasteiger partial charge >= 0.3 is 0 Å². The van der Waals surface area contributed by atoms with Crippen LogP contribution in [-0.4, -0.2) is 30.3 Å². The molecule has 1 aliphatic rings. The fourth-order valence-corrected chi connectivity index (χ4v) is 1.75. The zero-order valence-electron chi connectivity index (χ0n) is 10.1. The summed E-state index contributed by atoms with van der Waals surface area (Å²) >= 11 is 0. The number of nitrogens with zero attached hydrogens (tertiary/aromatic N) is 3. The summed E-state index contributed by atoms with van der Waals surface area (Å²) in [7, 11) is 1.96. The van der Waals surface area contributed by atoms with E-state index < -0.39 is 0 Å². The third kappa shape index (κ3) is 2.44. The lowest BCUT2D eigenvalue weighted by Gasteiger charge is -2.33. The van der Waals surface area contributed by atoms with Crippen molar-refractivity contribution in [2.75, 3.05) is 13.6 Å². The maximum Gasteiger partial charge on any atom is 0.125 e. The number of hydrogen-bond donors (Lipinski definition) is 1. The highest BCUT2D eigenvalue weighted by Gasteiger charge is 2.39. The lowest BCUT2D eigenvalue weighted by atomic mass is 9.95. The number of hydrogen-bond acceptors (Lipinski definition) is 4. The van der Waals surface area contributed by atoms with E-state index in [9.17, 15) is 0 Å². The molecule has 0 amide bonds. The van der Waals surface area contributed by atoms with Crippen molar-refractivity contribution in [1.82, 2.24) is 10.3 Å². The molecule has 1 atom stereocenters. The minimum Gasteiger partial charge on any atom is -0.297 e. The summed E-state index contributed by atoms with van der Waals surface area (Å²) in [4.78, 5) is 0.